The maximum Gasteiger partial charge on any atom is 0.213 e. The Morgan fingerprint density at radius 2 is 1.94 bits per heavy atom. The third-order valence-corrected chi connectivity index (χ3v) is 4.20. The van der Waals surface area contributed by atoms with Crippen LogP contribution in [0.4, 0.5) is 0 Å². The van der Waals surface area contributed by atoms with Crippen LogP contribution in [0, 0.1) is 6.07 Å². The van der Waals surface area contributed by atoms with E-state index in [1.165, 1.54) is 5.56 Å². The lowest BCUT2D eigenvalue weighted by atomic mass is 10.1. The lowest BCUT2D eigenvalue weighted by Crippen LogP contribution is -2.31. The lowest BCUT2D eigenvalue weighted by molar-refractivity contribution is 0.570. The molecule has 0 unspecified atom stereocenters. The van der Waals surface area contributed by atoms with Crippen LogP contribution in [0.25, 0.3) is 0 Å². The molecule has 1 aromatic rings. The number of hydrogen-bond donors (Lipinski definition) is 1. The molecule has 1 rings (SSSR count). The fraction of sp³-hybridized carbons (Fsp3) is 0.500. The second-order valence-electron chi connectivity index (χ2n) is 4.00. The lowest BCUT2D eigenvalue weighted by Gasteiger charge is -2.09. The van der Waals surface area contributed by atoms with Crippen LogP contribution in [-0.2, 0) is 16.4 Å². The van der Waals surface area contributed by atoms with E-state index in [4.69, 9.17) is 0 Å². The maximum atomic E-state index is 11.4. The molecule has 89 valence electrons. The number of rotatable bonds is 6. The Morgan fingerprint density at radius 3 is 2.50 bits per heavy atom. The number of aryl methyl sites for hydroxylation is 1. The highest BCUT2D eigenvalue weighted by atomic mass is 32.2. The molecular formula is C12H18NO2S. The van der Waals surface area contributed by atoms with Gasteiger partial charge in [0.1, 0.15) is 0 Å². The maximum absolute atomic E-state index is 11.4. The van der Waals surface area contributed by atoms with Gasteiger partial charge in [-0.3, -0.25) is 0 Å². The molecule has 0 aliphatic rings. The molecule has 0 fully saturated rings. The average Bonchev–Trinajstić information content (AvgIpc) is 2.26. The molecule has 4 heteroatoms. The van der Waals surface area contributed by atoms with Crippen molar-refractivity contribution in [3.8, 4) is 0 Å². The van der Waals surface area contributed by atoms with Gasteiger partial charge in [0.2, 0.25) is 10.0 Å². The average molecular weight is 240 g/mol. The minimum atomic E-state index is -3.11. The highest BCUT2D eigenvalue weighted by molar-refractivity contribution is 7.90. The molecule has 0 heterocycles. The molecule has 0 amide bonds. The number of benzene rings is 1. The first-order valence-corrected chi connectivity index (χ1v) is 7.00. The summed E-state index contributed by atoms with van der Waals surface area (Å²) < 4.78 is 25.4. The zero-order valence-corrected chi connectivity index (χ0v) is 10.5. The van der Waals surface area contributed by atoms with Crippen molar-refractivity contribution in [2.45, 2.75) is 31.9 Å². The Hall–Kier alpha value is -0.870. The van der Waals surface area contributed by atoms with Crippen LogP contribution in [-0.4, -0.2) is 20.2 Å². The van der Waals surface area contributed by atoms with Crippen LogP contribution in [0.1, 0.15) is 25.8 Å². The second-order valence-corrected chi connectivity index (χ2v) is 6.32. The van der Waals surface area contributed by atoms with Gasteiger partial charge in [-0.05, 0) is 38.3 Å². The summed E-state index contributed by atoms with van der Waals surface area (Å²) in [7, 11) is -3.11. The molecule has 0 saturated heterocycles. The topological polar surface area (TPSA) is 46.2 Å². The van der Waals surface area contributed by atoms with Crippen molar-refractivity contribution in [1.29, 1.82) is 0 Å². The fourth-order valence-electron chi connectivity index (χ4n) is 1.26. The van der Waals surface area contributed by atoms with Crippen LogP contribution in [0.3, 0.4) is 0 Å². The van der Waals surface area contributed by atoms with Crippen molar-refractivity contribution in [2.75, 3.05) is 6.54 Å². The zero-order valence-electron chi connectivity index (χ0n) is 9.73. The molecule has 3 nitrogen and oxygen atoms in total. The Morgan fingerprint density at radius 1 is 1.31 bits per heavy atom. The van der Waals surface area contributed by atoms with Crippen molar-refractivity contribution in [3.05, 3.63) is 35.9 Å². The zero-order chi connectivity index (χ0) is 12.0. The monoisotopic (exact) mass is 240 g/mol. The van der Waals surface area contributed by atoms with E-state index < -0.39 is 10.0 Å². The summed E-state index contributed by atoms with van der Waals surface area (Å²) in [6, 6.07) is 10.7. The van der Waals surface area contributed by atoms with Crippen molar-refractivity contribution < 1.29 is 8.42 Å². The van der Waals surface area contributed by atoms with Crippen LogP contribution in [0.2, 0.25) is 0 Å². The third-order valence-electron chi connectivity index (χ3n) is 2.35. The van der Waals surface area contributed by atoms with Crippen molar-refractivity contribution in [3.63, 3.8) is 0 Å². The summed E-state index contributed by atoms with van der Waals surface area (Å²) in [6.07, 6.45) is 1.70. The van der Waals surface area contributed by atoms with Gasteiger partial charge in [0.15, 0.2) is 0 Å². The molecule has 0 saturated carbocycles. The van der Waals surface area contributed by atoms with Crippen LogP contribution >= 0.6 is 0 Å². The largest absolute Gasteiger partial charge is 0.215 e. The quantitative estimate of drug-likeness (QED) is 0.770. The molecule has 16 heavy (non-hydrogen) atoms. The molecule has 0 aromatic heterocycles. The molecule has 0 aliphatic carbocycles. The summed E-state index contributed by atoms with van der Waals surface area (Å²) in [5, 5.41) is -0.362. The summed E-state index contributed by atoms with van der Waals surface area (Å²) in [4.78, 5) is 0. The highest BCUT2D eigenvalue weighted by Crippen LogP contribution is 2.02. The molecule has 0 atom stereocenters. The van der Waals surface area contributed by atoms with Gasteiger partial charge in [0.25, 0.3) is 0 Å². The van der Waals surface area contributed by atoms with Gasteiger partial charge in [-0.25, -0.2) is 13.1 Å². The smallest absolute Gasteiger partial charge is 0.213 e. The predicted molar refractivity (Wildman–Crippen MR) is 65.7 cm³/mol. The van der Waals surface area contributed by atoms with E-state index in [1.807, 2.05) is 24.3 Å². The SMILES string of the molecule is CC(C)S(=O)(=O)NCCCc1cc[c]cc1. The van der Waals surface area contributed by atoms with E-state index in [1.54, 1.807) is 13.8 Å². The van der Waals surface area contributed by atoms with Gasteiger partial charge in [-0.15, -0.1) is 0 Å². The summed E-state index contributed by atoms with van der Waals surface area (Å²) >= 11 is 0. The molecule has 0 bridgehead atoms. The van der Waals surface area contributed by atoms with E-state index in [-0.39, 0.29) is 5.25 Å². The van der Waals surface area contributed by atoms with Gasteiger partial charge in [0.05, 0.1) is 5.25 Å². The summed E-state index contributed by atoms with van der Waals surface area (Å²) in [5.74, 6) is 0. The number of hydrogen-bond acceptors (Lipinski definition) is 2. The Bertz CT molecular complexity index is 398. The predicted octanol–water partition coefficient (Wildman–Crippen LogP) is 1.75. The molecule has 0 spiro atoms. The van der Waals surface area contributed by atoms with Crippen molar-refractivity contribution in [2.24, 2.45) is 0 Å². The first kappa shape index (κ1) is 13.2. The molecule has 0 aliphatic heterocycles. The van der Waals surface area contributed by atoms with Crippen LogP contribution in [0.5, 0.6) is 0 Å². The van der Waals surface area contributed by atoms with Gasteiger partial charge >= 0.3 is 0 Å². The van der Waals surface area contributed by atoms with Gasteiger partial charge in [-0.1, -0.05) is 24.3 Å². The van der Waals surface area contributed by atoms with E-state index in [0.29, 0.717) is 6.54 Å². The molecule has 1 N–H and O–H groups in total. The van der Waals surface area contributed by atoms with Gasteiger partial charge in [0, 0.05) is 6.54 Å². The first-order chi connectivity index (χ1) is 7.52. The Kier molecular flexibility index (Phi) is 4.96. The van der Waals surface area contributed by atoms with E-state index in [0.717, 1.165) is 12.8 Å². The Balaban J connectivity index is 2.28. The summed E-state index contributed by atoms with van der Waals surface area (Å²) in [6.45, 7) is 3.85. The van der Waals surface area contributed by atoms with E-state index in [9.17, 15) is 8.42 Å². The van der Waals surface area contributed by atoms with Crippen molar-refractivity contribution >= 4 is 10.0 Å². The van der Waals surface area contributed by atoms with E-state index in [2.05, 4.69) is 10.8 Å². The van der Waals surface area contributed by atoms with E-state index >= 15 is 0 Å². The molecular weight excluding hydrogens is 222 g/mol. The van der Waals surface area contributed by atoms with Crippen LogP contribution < -0.4 is 4.72 Å². The van der Waals surface area contributed by atoms with Crippen molar-refractivity contribution in [1.82, 2.24) is 4.72 Å². The molecule has 1 aromatic carbocycles. The van der Waals surface area contributed by atoms with Crippen LogP contribution in [0.15, 0.2) is 24.3 Å². The fourth-order valence-corrected chi connectivity index (χ4v) is 2.02. The number of sulfonamides is 1. The minimum absolute atomic E-state index is 0.362. The summed E-state index contributed by atoms with van der Waals surface area (Å²) in [5.41, 5.74) is 1.21. The number of nitrogens with one attached hydrogen (secondary N) is 1. The second kappa shape index (κ2) is 6.01. The third kappa shape index (κ3) is 4.33. The van der Waals surface area contributed by atoms with Gasteiger partial charge in [-0.2, -0.15) is 0 Å². The highest BCUT2D eigenvalue weighted by Gasteiger charge is 2.13. The first-order valence-electron chi connectivity index (χ1n) is 5.46. The minimum Gasteiger partial charge on any atom is -0.215 e. The Labute approximate surface area is 97.9 Å². The normalized spacial score (nSPS) is 11.9. The van der Waals surface area contributed by atoms with Gasteiger partial charge < -0.3 is 0 Å². The standard InChI is InChI=1S/C12H18NO2S/c1-11(2)16(14,15)13-10-6-9-12-7-4-3-5-8-12/h4-5,7-8,11,13H,6,9-10H2,1-2H3. The molecule has 1 radical (unpaired) electrons.